The Bertz CT molecular complexity index is 989. The van der Waals surface area contributed by atoms with Crippen LogP contribution in [0.3, 0.4) is 0 Å². The van der Waals surface area contributed by atoms with E-state index in [9.17, 15) is 14.4 Å². The summed E-state index contributed by atoms with van der Waals surface area (Å²) in [6, 6.07) is 0. The van der Waals surface area contributed by atoms with Crippen molar-refractivity contribution in [3.63, 3.8) is 0 Å². The van der Waals surface area contributed by atoms with Crippen molar-refractivity contribution >= 4 is 17.9 Å². The van der Waals surface area contributed by atoms with Crippen molar-refractivity contribution in [3.8, 4) is 0 Å². The van der Waals surface area contributed by atoms with Gasteiger partial charge in [-0.1, -0.05) is 231 Å². The zero-order valence-electron chi connectivity index (χ0n) is 40.9. The smallest absolute Gasteiger partial charge is 0.306 e. The first-order chi connectivity index (χ1) is 30.0. The summed E-state index contributed by atoms with van der Waals surface area (Å²) in [5.74, 6) is -0.877. The van der Waals surface area contributed by atoms with E-state index in [4.69, 9.17) is 14.2 Å². The highest BCUT2D eigenvalue weighted by molar-refractivity contribution is 5.71. The van der Waals surface area contributed by atoms with Crippen molar-refractivity contribution in [2.45, 2.75) is 297 Å². The van der Waals surface area contributed by atoms with Gasteiger partial charge in [0.25, 0.3) is 0 Å². The molecule has 0 aliphatic heterocycles. The Kier molecular flexibility index (Phi) is 48.8. The van der Waals surface area contributed by atoms with Crippen LogP contribution >= 0.6 is 0 Å². The molecule has 0 aliphatic rings. The molecule has 6 nitrogen and oxygen atoms in total. The molecule has 358 valence electrons. The van der Waals surface area contributed by atoms with E-state index in [1.165, 1.54) is 180 Å². The second-order valence-corrected chi connectivity index (χ2v) is 18.1. The summed E-state index contributed by atoms with van der Waals surface area (Å²) in [4.78, 5) is 38.0. The fraction of sp³-hybridized carbons (Fsp3) is 0.873. The number of unbranched alkanes of at least 4 members (excludes halogenated alkanes) is 34. The number of rotatable bonds is 49. The third-order valence-electron chi connectivity index (χ3n) is 11.9. The highest BCUT2D eigenvalue weighted by atomic mass is 16.6. The average molecular weight is 859 g/mol. The van der Waals surface area contributed by atoms with Crippen LogP contribution in [0.25, 0.3) is 0 Å². The molecule has 0 fully saturated rings. The Hall–Kier alpha value is -2.11. The lowest BCUT2D eigenvalue weighted by Gasteiger charge is -2.18. The average Bonchev–Trinajstić information content (AvgIpc) is 3.26. The first-order valence-electron chi connectivity index (χ1n) is 26.8. The van der Waals surface area contributed by atoms with Gasteiger partial charge in [0.1, 0.15) is 13.2 Å². The molecular formula is C55H102O6. The van der Waals surface area contributed by atoms with Crippen molar-refractivity contribution in [3.05, 3.63) is 24.3 Å². The fourth-order valence-corrected chi connectivity index (χ4v) is 7.83. The number of hydrogen-bond acceptors (Lipinski definition) is 6. The summed E-state index contributed by atoms with van der Waals surface area (Å²) < 4.78 is 16.8. The number of esters is 3. The van der Waals surface area contributed by atoms with E-state index in [1.54, 1.807) is 0 Å². The standard InChI is InChI=1S/C55H102O6/c1-4-7-10-13-16-19-22-24-26-28-30-33-36-39-42-45-48-54(57)60-51-52(50-59-53(56)47-44-41-38-35-32-21-18-15-12-9-6-3)61-55(58)49-46-43-40-37-34-31-29-27-25-23-20-17-14-11-8-5-2/h15,18,26,28,52H,4-14,16-17,19-25,27,29-51H2,1-3H3/b18-15-,28-26-/t52-/m1/s1. The Morgan fingerprint density at radius 2 is 0.557 bits per heavy atom. The largest absolute Gasteiger partial charge is 0.462 e. The maximum Gasteiger partial charge on any atom is 0.306 e. The van der Waals surface area contributed by atoms with Crippen molar-refractivity contribution in [1.29, 1.82) is 0 Å². The van der Waals surface area contributed by atoms with Crippen LogP contribution in [0.2, 0.25) is 0 Å². The van der Waals surface area contributed by atoms with Crippen LogP contribution in [0.5, 0.6) is 0 Å². The Labute approximate surface area is 379 Å². The van der Waals surface area contributed by atoms with Gasteiger partial charge in [0, 0.05) is 19.3 Å². The van der Waals surface area contributed by atoms with Gasteiger partial charge in [-0.15, -0.1) is 0 Å². The van der Waals surface area contributed by atoms with Gasteiger partial charge in [0.05, 0.1) is 0 Å². The minimum atomic E-state index is -0.773. The Morgan fingerprint density at radius 3 is 0.869 bits per heavy atom. The maximum absolute atomic E-state index is 12.8. The van der Waals surface area contributed by atoms with Crippen molar-refractivity contribution in [2.75, 3.05) is 13.2 Å². The molecule has 0 saturated heterocycles. The zero-order valence-corrected chi connectivity index (χ0v) is 40.9. The summed E-state index contributed by atoms with van der Waals surface area (Å²) in [5, 5.41) is 0. The molecule has 0 heterocycles. The van der Waals surface area contributed by atoms with Crippen LogP contribution in [0.15, 0.2) is 24.3 Å². The summed E-state index contributed by atoms with van der Waals surface area (Å²) in [7, 11) is 0. The van der Waals surface area contributed by atoms with Gasteiger partial charge in [0.2, 0.25) is 0 Å². The fourth-order valence-electron chi connectivity index (χ4n) is 7.83. The van der Waals surface area contributed by atoms with Crippen LogP contribution in [-0.2, 0) is 28.6 Å². The minimum Gasteiger partial charge on any atom is -0.462 e. The molecular weight excluding hydrogens is 757 g/mol. The molecule has 0 aromatic rings. The predicted octanol–water partition coefficient (Wildman–Crippen LogP) is 17.5. The molecule has 6 heteroatoms. The Morgan fingerprint density at radius 1 is 0.311 bits per heavy atom. The number of ether oxygens (including phenoxy) is 3. The van der Waals surface area contributed by atoms with Crippen LogP contribution in [0, 0.1) is 0 Å². The van der Waals surface area contributed by atoms with E-state index >= 15 is 0 Å². The highest BCUT2D eigenvalue weighted by Crippen LogP contribution is 2.16. The second kappa shape index (κ2) is 50.5. The second-order valence-electron chi connectivity index (χ2n) is 18.1. The number of carbonyl (C=O) groups excluding carboxylic acids is 3. The monoisotopic (exact) mass is 859 g/mol. The van der Waals surface area contributed by atoms with Gasteiger partial charge in [-0.3, -0.25) is 14.4 Å². The molecule has 0 spiro atoms. The van der Waals surface area contributed by atoms with E-state index in [1.807, 2.05) is 0 Å². The quantitative estimate of drug-likeness (QED) is 0.0262. The van der Waals surface area contributed by atoms with E-state index in [0.29, 0.717) is 19.3 Å². The van der Waals surface area contributed by atoms with Crippen molar-refractivity contribution < 1.29 is 28.6 Å². The molecule has 61 heavy (non-hydrogen) atoms. The molecule has 0 amide bonds. The molecule has 0 N–H and O–H groups in total. The van der Waals surface area contributed by atoms with Crippen LogP contribution in [-0.4, -0.2) is 37.2 Å². The van der Waals surface area contributed by atoms with Crippen molar-refractivity contribution in [1.82, 2.24) is 0 Å². The minimum absolute atomic E-state index is 0.0745. The molecule has 0 saturated carbocycles. The molecule has 0 aliphatic carbocycles. The van der Waals surface area contributed by atoms with Gasteiger partial charge < -0.3 is 14.2 Å². The topological polar surface area (TPSA) is 78.9 Å². The zero-order chi connectivity index (χ0) is 44.4. The first-order valence-corrected chi connectivity index (χ1v) is 26.8. The SMILES string of the molecule is CCCC/C=C\CCCCCCCC(=O)OC[C@H](COC(=O)CCCCCCC/C=C\CCCCCCCCC)OC(=O)CCCCCCCCCCCCCCCCCC. The number of carbonyl (C=O) groups is 3. The van der Waals surface area contributed by atoms with E-state index in [0.717, 1.165) is 70.6 Å². The third kappa shape index (κ3) is 48.8. The molecule has 0 aromatic carbocycles. The lowest BCUT2D eigenvalue weighted by molar-refractivity contribution is -0.167. The van der Waals surface area contributed by atoms with Crippen LogP contribution in [0.1, 0.15) is 290 Å². The lowest BCUT2D eigenvalue weighted by atomic mass is 10.0. The summed E-state index contributed by atoms with van der Waals surface area (Å²) in [6.45, 7) is 6.62. The molecule has 0 unspecified atom stereocenters. The van der Waals surface area contributed by atoms with Crippen LogP contribution in [0.4, 0.5) is 0 Å². The molecule has 0 aromatic heterocycles. The lowest BCUT2D eigenvalue weighted by Crippen LogP contribution is -2.30. The van der Waals surface area contributed by atoms with Gasteiger partial charge in [-0.25, -0.2) is 0 Å². The number of allylic oxidation sites excluding steroid dienone is 4. The summed E-state index contributed by atoms with van der Waals surface area (Å²) in [5.41, 5.74) is 0. The van der Waals surface area contributed by atoms with Crippen molar-refractivity contribution in [2.24, 2.45) is 0 Å². The maximum atomic E-state index is 12.8. The van der Waals surface area contributed by atoms with Gasteiger partial charge in [-0.2, -0.15) is 0 Å². The van der Waals surface area contributed by atoms with Gasteiger partial charge in [0.15, 0.2) is 6.10 Å². The number of hydrogen-bond donors (Lipinski definition) is 0. The molecule has 0 rings (SSSR count). The van der Waals surface area contributed by atoms with Gasteiger partial charge in [-0.05, 0) is 64.2 Å². The molecule has 0 bridgehead atoms. The molecule has 0 radical (unpaired) electrons. The summed E-state index contributed by atoms with van der Waals surface area (Å²) >= 11 is 0. The first kappa shape index (κ1) is 58.9. The van der Waals surface area contributed by atoms with Gasteiger partial charge >= 0.3 is 17.9 Å². The van der Waals surface area contributed by atoms with E-state index < -0.39 is 6.10 Å². The normalized spacial score (nSPS) is 12.1. The predicted molar refractivity (Wildman–Crippen MR) is 261 cm³/mol. The summed E-state index contributed by atoms with van der Waals surface area (Å²) in [6.07, 6.45) is 57.3. The molecule has 1 atom stereocenters. The van der Waals surface area contributed by atoms with E-state index in [2.05, 4.69) is 45.1 Å². The highest BCUT2D eigenvalue weighted by Gasteiger charge is 2.19. The third-order valence-corrected chi connectivity index (χ3v) is 11.9. The Balaban J connectivity index is 4.33. The van der Waals surface area contributed by atoms with E-state index in [-0.39, 0.29) is 31.1 Å². The van der Waals surface area contributed by atoms with Crippen LogP contribution < -0.4 is 0 Å².